The van der Waals surface area contributed by atoms with Crippen LogP contribution in [0.2, 0.25) is 5.02 Å². The molecule has 2 N–H and O–H groups in total. The molecule has 0 saturated heterocycles. The summed E-state index contributed by atoms with van der Waals surface area (Å²) in [5.74, 6) is -0.0834. The third-order valence-electron chi connectivity index (χ3n) is 5.21. The number of carbonyl (C=O) groups is 1. The van der Waals surface area contributed by atoms with Crippen molar-refractivity contribution in [1.82, 2.24) is 4.90 Å². The number of hydrogen-bond donors (Lipinski definition) is 1. The predicted octanol–water partition coefficient (Wildman–Crippen LogP) is 4.50. The van der Waals surface area contributed by atoms with Crippen molar-refractivity contribution in [3.05, 3.63) is 112 Å². The lowest BCUT2D eigenvalue weighted by molar-refractivity contribution is -0.122. The Hall–Kier alpha value is -3.19. The summed E-state index contributed by atoms with van der Waals surface area (Å²) in [6.07, 6.45) is 4.32. The molecule has 7 heteroatoms. The number of hydrogen-bond acceptors (Lipinski definition) is 3. The maximum Gasteiger partial charge on any atom is 0.258 e. The fraction of sp³-hybridized carbons (Fsp3) is 0.0800. The average Bonchev–Trinajstić information content (AvgIpc) is 3.08. The molecule has 162 valence electrons. The van der Waals surface area contributed by atoms with Crippen LogP contribution >= 0.6 is 11.6 Å². The van der Waals surface area contributed by atoms with Crippen molar-refractivity contribution in [2.75, 3.05) is 6.54 Å². The monoisotopic (exact) mass is 464 g/mol. The number of rotatable bonds is 6. The van der Waals surface area contributed by atoms with Gasteiger partial charge in [0.25, 0.3) is 5.91 Å². The van der Waals surface area contributed by atoms with Crippen molar-refractivity contribution in [2.45, 2.75) is 11.3 Å². The summed E-state index contributed by atoms with van der Waals surface area (Å²) in [5.41, 5.74) is 4.15. The summed E-state index contributed by atoms with van der Waals surface area (Å²) in [5, 5.41) is 5.79. The van der Waals surface area contributed by atoms with E-state index >= 15 is 0 Å². The smallest absolute Gasteiger partial charge is 0.258 e. The third kappa shape index (κ3) is 4.99. The highest BCUT2D eigenvalue weighted by molar-refractivity contribution is 7.89. The number of nitrogens with zero attached hydrogens (tertiary/aromatic N) is 1. The van der Waals surface area contributed by atoms with Crippen LogP contribution in [0, 0.1) is 0 Å². The molecule has 0 unspecified atom stereocenters. The van der Waals surface area contributed by atoms with E-state index in [1.807, 2.05) is 54.6 Å². The molecule has 0 aliphatic carbocycles. The van der Waals surface area contributed by atoms with Crippen LogP contribution in [0.5, 0.6) is 0 Å². The SMILES string of the molecule is NS(=O)(=O)c1ccc(CCN2C(=O)/C(=C\c3ccccc3)C=C2c2ccc(Cl)cc2)cc1. The van der Waals surface area contributed by atoms with Crippen molar-refractivity contribution in [2.24, 2.45) is 5.14 Å². The van der Waals surface area contributed by atoms with E-state index in [1.165, 1.54) is 12.1 Å². The summed E-state index contributed by atoms with van der Waals surface area (Å²) >= 11 is 6.04. The number of benzene rings is 3. The molecule has 3 aromatic rings. The van der Waals surface area contributed by atoms with Crippen molar-refractivity contribution in [1.29, 1.82) is 0 Å². The second-order valence-corrected chi connectivity index (χ2v) is 9.44. The van der Waals surface area contributed by atoms with Gasteiger partial charge in [-0.3, -0.25) is 4.79 Å². The zero-order valence-corrected chi connectivity index (χ0v) is 18.7. The lowest BCUT2D eigenvalue weighted by atomic mass is 10.1. The molecule has 0 spiro atoms. The van der Waals surface area contributed by atoms with Gasteiger partial charge in [0.1, 0.15) is 0 Å². The first kappa shape index (κ1) is 22.0. The fourth-order valence-corrected chi connectivity index (χ4v) is 4.19. The normalized spacial score (nSPS) is 15.3. The second-order valence-electron chi connectivity index (χ2n) is 7.44. The number of nitrogens with two attached hydrogens (primary N) is 1. The first-order chi connectivity index (χ1) is 15.3. The van der Waals surface area contributed by atoms with Crippen molar-refractivity contribution >= 4 is 39.3 Å². The first-order valence-electron chi connectivity index (χ1n) is 9.99. The Kier molecular flexibility index (Phi) is 6.28. The van der Waals surface area contributed by atoms with Crippen LogP contribution in [0.25, 0.3) is 11.8 Å². The summed E-state index contributed by atoms with van der Waals surface area (Å²) in [7, 11) is -3.74. The molecule has 0 bridgehead atoms. The molecule has 0 saturated carbocycles. The van der Waals surface area contributed by atoms with E-state index in [2.05, 4.69) is 0 Å². The van der Waals surface area contributed by atoms with Gasteiger partial charge in [-0.05, 0) is 59.5 Å². The lowest BCUT2D eigenvalue weighted by Gasteiger charge is -2.21. The molecule has 4 rings (SSSR count). The molecular weight excluding hydrogens is 444 g/mol. The van der Waals surface area contributed by atoms with Gasteiger partial charge in [-0.15, -0.1) is 0 Å². The van der Waals surface area contributed by atoms with E-state index in [0.29, 0.717) is 23.6 Å². The van der Waals surface area contributed by atoms with E-state index in [0.717, 1.165) is 22.4 Å². The Morgan fingerprint density at radius 2 is 1.56 bits per heavy atom. The van der Waals surface area contributed by atoms with Gasteiger partial charge < -0.3 is 4.90 Å². The lowest BCUT2D eigenvalue weighted by Crippen LogP contribution is -2.27. The summed E-state index contributed by atoms with van der Waals surface area (Å²) in [6.45, 7) is 0.439. The van der Waals surface area contributed by atoms with Gasteiger partial charge in [-0.2, -0.15) is 0 Å². The van der Waals surface area contributed by atoms with Crippen LogP contribution in [0.3, 0.4) is 0 Å². The molecule has 1 heterocycles. The van der Waals surface area contributed by atoms with E-state index in [-0.39, 0.29) is 10.8 Å². The zero-order chi connectivity index (χ0) is 22.7. The van der Waals surface area contributed by atoms with Crippen LogP contribution in [0.4, 0.5) is 0 Å². The van der Waals surface area contributed by atoms with Crippen LogP contribution in [0.15, 0.2) is 95.4 Å². The van der Waals surface area contributed by atoms with Crippen LogP contribution in [-0.2, 0) is 21.2 Å². The Morgan fingerprint density at radius 3 is 2.19 bits per heavy atom. The summed E-state index contributed by atoms with van der Waals surface area (Å²) in [6, 6.07) is 23.5. The predicted molar refractivity (Wildman–Crippen MR) is 127 cm³/mol. The van der Waals surface area contributed by atoms with Crippen LogP contribution in [0.1, 0.15) is 16.7 Å². The highest BCUT2D eigenvalue weighted by atomic mass is 35.5. The molecular formula is C25H21ClN2O3S. The van der Waals surface area contributed by atoms with E-state index in [9.17, 15) is 13.2 Å². The molecule has 0 radical (unpaired) electrons. The van der Waals surface area contributed by atoms with Crippen LogP contribution in [-0.4, -0.2) is 25.8 Å². The largest absolute Gasteiger partial charge is 0.307 e. The standard InChI is InChI=1S/C25H21ClN2O3S/c26-22-10-8-20(9-11-22)24-17-21(16-19-4-2-1-3-5-19)25(29)28(24)15-14-18-6-12-23(13-7-18)32(27,30)31/h1-13,16-17H,14-15H2,(H2,27,30,31)/b21-16-. The van der Waals surface area contributed by atoms with Gasteiger partial charge in [0, 0.05) is 17.1 Å². The molecule has 1 aliphatic rings. The van der Waals surface area contributed by atoms with Gasteiger partial charge in [-0.1, -0.05) is 66.2 Å². The highest BCUT2D eigenvalue weighted by Crippen LogP contribution is 2.31. The van der Waals surface area contributed by atoms with Gasteiger partial charge in [0.2, 0.25) is 10.0 Å². The Labute approximate surface area is 192 Å². The fourth-order valence-electron chi connectivity index (χ4n) is 3.55. The molecule has 0 atom stereocenters. The van der Waals surface area contributed by atoms with Gasteiger partial charge in [0.05, 0.1) is 10.6 Å². The number of primary sulfonamides is 1. The zero-order valence-electron chi connectivity index (χ0n) is 17.1. The van der Waals surface area contributed by atoms with Gasteiger partial charge in [0.15, 0.2) is 0 Å². The highest BCUT2D eigenvalue weighted by Gasteiger charge is 2.28. The molecule has 3 aromatic carbocycles. The van der Waals surface area contributed by atoms with E-state index in [1.54, 1.807) is 29.2 Å². The first-order valence-corrected chi connectivity index (χ1v) is 11.9. The molecule has 1 aliphatic heterocycles. The quantitative estimate of drug-likeness (QED) is 0.545. The maximum atomic E-state index is 13.3. The van der Waals surface area contributed by atoms with Crippen molar-refractivity contribution in [3.8, 4) is 0 Å². The number of halogens is 1. The summed E-state index contributed by atoms with van der Waals surface area (Å²) < 4.78 is 22.9. The topological polar surface area (TPSA) is 80.5 Å². The molecule has 0 fully saturated rings. The maximum absolute atomic E-state index is 13.3. The second kappa shape index (κ2) is 9.12. The van der Waals surface area contributed by atoms with Crippen LogP contribution < -0.4 is 5.14 Å². The van der Waals surface area contributed by atoms with Gasteiger partial charge in [-0.25, -0.2) is 13.6 Å². The number of amides is 1. The number of carbonyl (C=O) groups excluding carboxylic acids is 1. The molecule has 1 amide bonds. The minimum atomic E-state index is -3.74. The van der Waals surface area contributed by atoms with E-state index < -0.39 is 10.0 Å². The Morgan fingerprint density at radius 1 is 0.906 bits per heavy atom. The molecule has 32 heavy (non-hydrogen) atoms. The van der Waals surface area contributed by atoms with E-state index in [4.69, 9.17) is 16.7 Å². The average molecular weight is 465 g/mol. The molecule has 5 nitrogen and oxygen atoms in total. The van der Waals surface area contributed by atoms with Crippen molar-refractivity contribution in [3.63, 3.8) is 0 Å². The molecule has 0 aromatic heterocycles. The van der Waals surface area contributed by atoms with Gasteiger partial charge >= 0.3 is 0 Å². The Bertz CT molecular complexity index is 1300. The van der Waals surface area contributed by atoms with Crippen molar-refractivity contribution < 1.29 is 13.2 Å². The minimum absolute atomic E-state index is 0.0633. The summed E-state index contributed by atoms with van der Waals surface area (Å²) in [4.78, 5) is 15.1. The minimum Gasteiger partial charge on any atom is -0.307 e. The number of sulfonamides is 1. The Balaban J connectivity index is 1.61. The third-order valence-corrected chi connectivity index (χ3v) is 6.39.